The number of benzene rings is 1. The van der Waals surface area contributed by atoms with Crippen LogP contribution in [0.4, 0.5) is 0 Å². The molecule has 3 rings (SSSR count). The molecule has 0 fully saturated rings. The highest BCUT2D eigenvalue weighted by Gasteiger charge is 2.18. The smallest absolute Gasteiger partial charge is 0.264 e. The van der Waals surface area contributed by atoms with E-state index >= 15 is 0 Å². The van der Waals surface area contributed by atoms with Gasteiger partial charge in [0.25, 0.3) is 5.56 Å². The van der Waals surface area contributed by atoms with Crippen molar-refractivity contribution in [1.29, 1.82) is 0 Å². The number of halogens is 1. The Morgan fingerprint density at radius 3 is 3.00 bits per heavy atom. The summed E-state index contributed by atoms with van der Waals surface area (Å²) >= 11 is 8.61. The van der Waals surface area contributed by atoms with Crippen LogP contribution in [0.15, 0.2) is 44.6 Å². The highest BCUT2D eigenvalue weighted by molar-refractivity contribution is 9.10. The van der Waals surface area contributed by atoms with E-state index in [1.54, 1.807) is 10.7 Å². The second-order valence-electron chi connectivity index (χ2n) is 3.98. The summed E-state index contributed by atoms with van der Waals surface area (Å²) < 4.78 is 2.55. The molecule has 1 aromatic carbocycles. The Morgan fingerprint density at radius 1 is 1.39 bits per heavy atom. The third kappa shape index (κ3) is 1.97. The fraction of sp³-hybridized carbons (Fsp3) is 0.0833. The van der Waals surface area contributed by atoms with Crippen LogP contribution >= 0.6 is 28.1 Å². The van der Waals surface area contributed by atoms with E-state index in [4.69, 9.17) is 12.2 Å². The number of hydrogen-bond acceptors (Lipinski definition) is 2. The van der Waals surface area contributed by atoms with Crippen LogP contribution < -0.4 is 5.56 Å². The average molecular weight is 322 g/mol. The number of nitrogens with zero attached hydrogens (tertiary/aromatic N) is 2. The van der Waals surface area contributed by atoms with Crippen molar-refractivity contribution in [2.24, 2.45) is 4.99 Å². The van der Waals surface area contributed by atoms with Gasteiger partial charge in [-0.05, 0) is 29.9 Å². The van der Waals surface area contributed by atoms with Gasteiger partial charge in [0.15, 0.2) is 0 Å². The number of hydrogen-bond donors (Lipinski definition) is 1. The van der Waals surface area contributed by atoms with Gasteiger partial charge in [-0.25, -0.2) is 9.67 Å². The van der Waals surface area contributed by atoms with Gasteiger partial charge in [0.2, 0.25) is 5.11 Å². The summed E-state index contributed by atoms with van der Waals surface area (Å²) in [5.74, 6) is 0. The molecule has 18 heavy (non-hydrogen) atoms. The standard InChI is InChI=1S/C12H8BrN3OS/c13-8-3-1-2-7(4-8)10-5-9-6-11(17)15-16(9)12(18)14-10/h1-4,6H,5H2,(H,15,17). The van der Waals surface area contributed by atoms with E-state index in [0.29, 0.717) is 11.5 Å². The number of fused-ring (bicyclic) bond motifs is 1. The first-order valence-corrected chi connectivity index (χ1v) is 6.52. The molecular weight excluding hydrogens is 314 g/mol. The number of aromatic amines is 1. The molecule has 2 heterocycles. The third-order valence-corrected chi connectivity index (χ3v) is 3.50. The number of rotatable bonds is 1. The quantitative estimate of drug-likeness (QED) is 0.818. The van der Waals surface area contributed by atoms with Gasteiger partial charge in [0, 0.05) is 17.0 Å². The zero-order chi connectivity index (χ0) is 12.7. The van der Waals surface area contributed by atoms with Crippen molar-refractivity contribution in [2.45, 2.75) is 6.42 Å². The molecule has 0 atom stereocenters. The summed E-state index contributed by atoms with van der Waals surface area (Å²) in [6.07, 6.45) is 0.593. The van der Waals surface area contributed by atoms with E-state index in [1.807, 2.05) is 24.3 Å². The second kappa shape index (κ2) is 4.29. The van der Waals surface area contributed by atoms with Crippen molar-refractivity contribution in [2.75, 3.05) is 0 Å². The van der Waals surface area contributed by atoms with E-state index < -0.39 is 0 Å². The first-order chi connectivity index (χ1) is 8.63. The molecule has 0 aliphatic carbocycles. The molecule has 0 bridgehead atoms. The molecule has 1 aliphatic heterocycles. The maximum absolute atomic E-state index is 11.3. The van der Waals surface area contributed by atoms with Gasteiger partial charge in [0.05, 0.1) is 11.4 Å². The lowest BCUT2D eigenvalue weighted by Crippen LogP contribution is -2.23. The number of thiocarbonyl (C=S) groups is 1. The molecule has 6 heteroatoms. The van der Waals surface area contributed by atoms with Gasteiger partial charge in [-0.1, -0.05) is 28.1 Å². The van der Waals surface area contributed by atoms with Crippen LogP contribution in [-0.2, 0) is 6.42 Å². The van der Waals surface area contributed by atoms with E-state index in [0.717, 1.165) is 21.4 Å². The Labute approximate surface area is 116 Å². The van der Waals surface area contributed by atoms with Gasteiger partial charge in [-0.3, -0.25) is 9.89 Å². The third-order valence-electron chi connectivity index (χ3n) is 2.74. The van der Waals surface area contributed by atoms with Crippen LogP contribution in [0, 0.1) is 0 Å². The zero-order valence-electron chi connectivity index (χ0n) is 9.18. The summed E-state index contributed by atoms with van der Waals surface area (Å²) in [5, 5.41) is 3.00. The van der Waals surface area contributed by atoms with Crippen molar-refractivity contribution in [3.63, 3.8) is 0 Å². The molecule has 4 nitrogen and oxygen atoms in total. The molecule has 1 aromatic heterocycles. The topological polar surface area (TPSA) is 50.1 Å². The lowest BCUT2D eigenvalue weighted by Gasteiger charge is -2.15. The molecule has 0 spiro atoms. The number of nitrogens with one attached hydrogen (secondary N) is 1. The second-order valence-corrected chi connectivity index (χ2v) is 5.26. The Morgan fingerprint density at radius 2 is 2.22 bits per heavy atom. The molecule has 0 unspecified atom stereocenters. The van der Waals surface area contributed by atoms with Gasteiger partial charge in [-0.2, -0.15) is 0 Å². The molecule has 2 aromatic rings. The lowest BCUT2D eigenvalue weighted by molar-refractivity contribution is 0.863. The largest absolute Gasteiger partial charge is 0.268 e. The van der Waals surface area contributed by atoms with Crippen LogP contribution in [-0.4, -0.2) is 20.6 Å². The van der Waals surface area contributed by atoms with Crippen LogP contribution in [0.2, 0.25) is 0 Å². The minimum Gasteiger partial charge on any atom is -0.268 e. The van der Waals surface area contributed by atoms with Crippen LogP contribution in [0.5, 0.6) is 0 Å². The minimum absolute atomic E-state index is 0.155. The molecule has 0 saturated carbocycles. The Kier molecular flexibility index (Phi) is 2.76. The lowest BCUT2D eigenvalue weighted by atomic mass is 10.0. The van der Waals surface area contributed by atoms with Crippen molar-refractivity contribution in [3.8, 4) is 0 Å². The highest BCUT2D eigenvalue weighted by atomic mass is 79.9. The zero-order valence-corrected chi connectivity index (χ0v) is 11.6. The Bertz CT molecular complexity index is 729. The number of aromatic nitrogens is 2. The van der Waals surface area contributed by atoms with Gasteiger partial charge < -0.3 is 0 Å². The summed E-state index contributed by atoms with van der Waals surface area (Å²) in [7, 11) is 0. The number of H-pyrrole nitrogens is 1. The minimum atomic E-state index is -0.155. The summed E-state index contributed by atoms with van der Waals surface area (Å²) in [4.78, 5) is 15.7. The van der Waals surface area contributed by atoms with Crippen molar-refractivity contribution < 1.29 is 0 Å². The molecule has 1 N–H and O–H groups in total. The molecule has 0 radical (unpaired) electrons. The van der Waals surface area contributed by atoms with Crippen molar-refractivity contribution in [1.82, 2.24) is 9.78 Å². The molecule has 90 valence electrons. The van der Waals surface area contributed by atoms with Gasteiger partial charge in [0.1, 0.15) is 0 Å². The molecule has 0 saturated heterocycles. The molecular formula is C12H8BrN3OS. The predicted molar refractivity (Wildman–Crippen MR) is 77.4 cm³/mol. The maximum atomic E-state index is 11.3. The van der Waals surface area contributed by atoms with Crippen LogP contribution in [0.25, 0.3) is 0 Å². The van der Waals surface area contributed by atoms with E-state index in [9.17, 15) is 4.79 Å². The van der Waals surface area contributed by atoms with Gasteiger partial charge >= 0.3 is 0 Å². The van der Waals surface area contributed by atoms with E-state index in [2.05, 4.69) is 26.0 Å². The normalized spacial score (nSPS) is 14.3. The first-order valence-electron chi connectivity index (χ1n) is 5.32. The average Bonchev–Trinajstić information content (AvgIpc) is 2.70. The Balaban J connectivity index is 2.06. The predicted octanol–water partition coefficient (Wildman–Crippen LogP) is 2.12. The fourth-order valence-electron chi connectivity index (χ4n) is 1.94. The monoisotopic (exact) mass is 321 g/mol. The summed E-state index contributed by atoms with van der Waals surface area (Å²) in [6, 6.07) is 9.43. The Hall–Kier alpha value is -1.53. The van der Waals surface area contributed by atoms with Crippen LogP contribution in [0.1, 0.15) is 11.3 Å². The summed E-state index contributed by atoms with van der Waals surface area (Å²) in [5.41, 5.74) is 2.57. The highest BCUT2D eigenvalue weighted by Crippen LogP contribution is 2.17. The first kappa shape index (κ1) is 11.6. The van der Waals surface area contributed by atoms with Gasteiger partial charge in [-0.15, -0.1) is 0 Å². The van der Waals surface area contributed by atoms with Crippen molar-refractivity contribution in [3.05, 3.63) is 56.4 Å². The van der Waals surface area contributed by atoms with E-state index in [1.165, 1.54) is 0 Å². The SMILES string of the molecule is O=c1cc2n([nH]1)C(=S)N=C(c1cccc(Br)c1)C2. The molecule has 0 amide bonds. The molecule has 1 aliphatic rings. The number of aliphatic imine (C=N–C) groups is 1. The van der Waals surface area contributed by atoms with Crippen molar-refractivity contribution >= 4 is 39.0 Å². The fourth-order valence-corrected chi connectivity index (χ4v) is 2.61. The van der Waals surface area contributed by atoms with Crippen LogP contribution in [0.3, 0.4) is 0 Å². The maximum Gasteiger partial charge on any atom is 0.264 e. The van der Waals surface area contributed by atoms with E-state index in [-0.39, 0.29) is 5.56 Å². The summed E-state index contributed by atoms with van der Waals surface area (Å²) in [6.45, 7) is 0.